The molecule has 0 amide bonds. The summed E-state index contributed by atoms with van der Waals surface area (Å²) in [6, 6.07) is 10.6. The summed E-state index contributed by atoms with van der Waals surface area (Å²) in [5, 5.41) is 9.39. The normalized spacial score (nSPS) is 16.5. The van der Waals surface area contributed by atoms with Crippen LogP contribution in [0.25, 0.3) is 0 Å². The monoisotopic (exact) mass is 217 g/mol. The van der Waals surface area contributed by atoms with E-state index >= 15 is 0 Å². The smallest absolute Gasteiger partial charge is 0.0669 e. The Balaban J connectivity index is 1.94. The minimum absolute atomic E-state index is 0.522. The van der Waals surface area contributed by atoms with E-state index in [1.807, 2.05) is 11.8 Å². The minimum Gasteiger partial charge on any atom is -0.198 e. The quantitative estimate of drug-likeness (QED) is 0.769. The molecule has 0 N–H and O–H groups in total. The van der Waals surface area contributed by atoms with Crippen molar-refractivity contribution in [2.75, 3.05) is 0 Å². The second-order valence-corrected chi connectivity index (χ2v) is 5.38. The van der Waals surface area contributed by atoms with Crippen LogP contribution in [0.2, 0.25) is 0 Å². The van der Waals surface area contributed by atoms with Gasteiger partial charge in [-0.3, -0.25) is 0 Å². The van der Waals surface area contributed by atoms with Gasteiger partial charge in [-0.2, -0.15) is 5.26 Å². The summed E-state index contributed by atoms with van der Waals surface area (Å²) in [7, 11) is 0. The molecule has 0 radical (unpaired) electrons. The number of nitrogens with zero attached hydrogens (tertiary/aromatic N) is 1. The Morgan fingerprint density at radius 1 is 1.20 bits per heavy atom. The molecule has 1 aromatic rings. The fraction of sp³-hybridized carbons (Fsp3) is 0.462. The summed E-state index contributed by atoms with van der Waals surface area (Å²) in [6.45, 7) is 0. The molecular weight excluding hydrogens is 202 g/mol. The van der Waals surface area contributed by atoms with E-state index in [1.165, 1.54) is 30.6 Å². The van der Waals surface area contributed by atoms with E-state index in [1.54, 1.807) is 0 Å². The van der Waals surface area contributed by atoms with Crippen LogP contribution in [0, 0.1) is 11.3 Å². The van der Waals surface area contributed by atoms with Crippen LogP contribution < -0.4 is 0 Å². The second kappa shape index (κ2) is 5.23. The largest absolute Gasteiger partial charge is 0.198 e. The summed E-state index contributed by atoms with van der Waals surface area (Å²) in [6.07, 6.45) is 6.04. The zero-order chi connectivity index (χ0) is 10.5. The Morgan fingerprint density at radius 2 is 1.87 bits per heavy atom. The molecular formula is C13H15NS. The molecule has 0 aromatic heterocycles. The first-order valence-electron chi connectivity index (χ1n) is 5.51. The standard InChI is InChI=1S/C13H15NS/c14-10-9-11-5-7-13(8-6-11)15-12-3-1-2-4-12/h5-8,12H,1-4,9H2. The maximum atomic E-state index is 8.56. The molecule has 78 valence electrons. The molecule has 0 unspecified atom stereocenters. The third-order valence-corrected chi connectivity index (χ3v) is 4.16. The van der Waals surface area contributed by atoms with Crippen molar-refractivity contribution in [2.45, 2.75) is 42.2 Å². The van der Waals surface area contributed by atoms with Gasteiger partial charge in [-0.25, -0.2) is 0 Å². The summed E-state index contributed by atoms with van der Waals surface area (Å²) in [5.41, 5.74) is 1.12. The van der Waals surface area contributed by atoms with E-state index in [0.717, 1.165) is 10.8 Å². The van der Waals surface area contributed by atoms with Crippen LogP contribution in [0.3, 0.4) is 0 Å². The Bertz CT molecular complexity index is 344. The Kier molecular flexibility index (Phi) is 3.69. The van der Waals surface area contributed by atoms with Crippen LogP contribution in [0.4, 0.5) is 0 Å². The number of benzene rings is 1. The number of hydrogen-bond acceptors (Lipinski definition) is 2. The Morgan fingerprint density at radius 3 is 2.47 bits per heavy atom. The number of nitriles is 1. The van der Waals surface area contributed by atoms with Crippen molar-refractivity contribution in [1.82, 2.24) is 0 Å². The van der Waals surface area contributed by atoms with Crippen LogP contribution in [0.1, 0.15) is 31.2 Å². The van der Waals surface area contributed by atoms with Gasteiger partial charge >= 0.3 is 0 Å². The van der Waals surface area contributed by atoms with Gasteiger partial charge in [0.05, 0.1) is 12.5 Å². The Labute approximate surface area is 95.5 Å². The van der Waals surface area contributed by atoms with Gasteiger partial charge in [0.2, 0.25) is 0 Å². The molecule has 15 heavy (non-hydrogen) atoms. The predicted octanol–water partition coefficient (Wildman–Crippen LogP) is 3.79. The lowest BCUT2D eigenvalue weighted by Crippen LogP contribution is -1.93. The SMILES string of the molecule is N#CCc1ccc(SC2CCCC2)cc1. The molecule has 0 saturated heterocycles. The van der Waals surface area contributed by atoms with Gasteiger partial charge in [-0.1, -0.05) is 25.0 Å². The topological polar surface area (TPSA) is 23.8 Å². The highest BCUT2D eigenvalue weighted by Crippen LogP contribution is 2.34. The summed E-state index contributed by atoms with van der Waals surface area (Å²) in [4.78, 5) is 1.35. The van der Waals surface area contributed by atoms with Gasteiger partial charge in [0.25, 0.3) is 0 Å². The molecule has 1 fully saturated rings. The molecule has 1 aliphatic rings. The van der Waals surface area contributed by atoms with Crippen molar-refractivity contribution in [2.24, 2.45) is 0 Å². The van der Waals surface area contributed by atoms with Crippen molar-refractivity contribution in [1.29, 1.82) is 5.26 Å². The first-order chi connectivity index (χ1) is 7.38. The van der Waals surface area contributed by atoms with Crippen molar-refractivity contribution >= 4 is 11.8 Å². The van der Waals surface area contributed by atoms with Crippen LogP contribution in [-0.4, -0.2) is 5.25 Å². The van der Waals surface area contributed by atoms with Crippen molar-refractivity contribution in [3.8, 4) is 6.07 Å². The van der Waals surface area contributed by atoms with E-state index in [9.17, 15) is 0 Å². The molecule has 2 rings (SSSR count). The number of rotatable bonds is 3. The fourth-order valence-corrected chi connectivity index (χ4v) is 3.22. The highest BCUT2D eigenvalue weighted by Gasteiger charge is 2.15. The van der Waals surface area contributed by atoms with Crippen LogP contribution in [-0.2, 0) is 6.42 Å². The van der Waals surface area contributed by atoms with E-state index in [0.29, 0.717) is 6.42 Å². The first-order valence-corrected chi connectivity index (χ1v) is 6.39. The Hall–Kier alpha value is -0.940. The maximum Gasteiger partial charge on any atom is 0.0669 e. The van der Waals surface area contributed by atoms with Gasteiger partial charge in [0.15, 0.2) is 0 Å². The molecule has 0 aliphatic heterocycles. The van der Waals surface area contributed by atoms with Gasteiger partial charge < -0.3 is 0 Å². The highest BCUT2D eigenvalue weighted by atomic mass is 32.2. The van der Waals surface area contributed by atoms with Gasteiger partial charge in [0, 0.05) is 10.1 Å². The number of thioether (sulfide) groups is 1. The molecule has 1 aliphatic carbocycles. The van der Waals surface area contributed by atoms with E-state index in [4.69, 9.17) is 5.26 Å². The summed E-state index contributed by atoms with van der Waals surface area (Å²) >= 11 is 2.00. The lowest BCUT2D eigenvalue weighted by atomic mass is 10.2. The molecule has 0 heterocycles. The molecule has 0 bridgehead atoms. The minimum atomic E-state index is 0.522. The molecule has 1 nitrogen and oxygen atoms in total. The lowest BCUT2D eigenvalue weighted by molar-refractivity contribution is 0.886. The number of hydrogen-bond donors (Lipinski definition) is 0. The average Bonchev–Trinajstić information content (AvgIpc) is 2.74. The summed E-state index contributed by atoms with van der Waals surface area (Å²) in [5.74, 6) is 0. The third-order valence-electron chi connectivity index (χ3n) is 2.81. The zero-order valence-corrected chi connectivity index (χ0v) is 9.59. The van der Waals surface area contributed by atoms with Gasteiger partial charge in [-0.15, -0.1) is 11.8 Å². The van der Waals surface area contributed by atoms with E-state index in [-0.39, 0.29) is 0 Å². The maximum absolute atomic E-state index is 8.56. The molecule has 0 atom stereocenters. The third kappa shape index (κ3) is 3.00. The average molecular weight is 217 g/mol. The van der Waals surface area contributed by atoms with E-state index < -0.39 is 0 Å². The van der Waals surface area contributed by atoms with Crippen LogP contribution in [0.15, 0.2) is 29.2 Å². The van der Waals surface area contributed by atoms with Crippen molar-refractivity contribution in [3.63, 3.8) is 0 Å². The molecule has 1 aromatic carbocycles. The highest BCUT2D eigenvalue weighted by molar-refractivity contribution is 8.00. The van der Waals surface area contributed by atoms with Crippen molar-refractivity contribution in [3.05, 3.63) is 29.8 Å². The second-order valence-electron chi connectivity index (χ2n) is 4.00. The lowest BCUT2D eigenvalue weighted by Gasteiger charge is -2.08. The van der Waals surface area contributed by atoms with Crippen LogP contribution >= 0.6 is 11.8 Å². The molecule has 2 heteroatoms. The van der Waals surface area contributed by atoms with Gasteiger partial charge in [-0.05, 0) is 30.5 Å². The zero-order valence-electron chi connectivity index (χ0n) is 8.78. The summed E-state index contributed by atoms with van der Waals surface area (Å²) < 4.78 is 0. The van der Waals surface area contributed by atoms with E-state index in [2.05, 4.69) is 30.3 Å². The van der Waals surface area contributed by atoms with Crippen molar-refractivity contribution < 1.29 is 0 Å². The molecule has 0 spiro atoms. The fourth-order valence-electron chi connectivity index (χ4n) is 1.98. The van der Waals surface area contributed by atoms with Crippen LogP contribution in [0.5, 0.6) is 0 Å². The van der Waals surface area contributed by atoms with Gasteiger partial charge in [0.1, 0.15) is 0 Å². The predicted molar refractivity (Wildman–Crippen MR) is 63.9 cm³/mol. The molecule has 1 saturated carbocycles. The first kappa shape index (κ1) is 10.6.